The van der Waals surface area contributed by atoms with Gasteiger partial charge in [-0.2, -0.15) is 0 Å². The maximum atomic E-state index is 12.2. The van der Waals surface area contributed by atoms with E-state index in [1.807, 2.05) is 30.3 Å². The van der Waals surface area contributed by atoms with E-state index in [1.54, 1.807) is 13.8 Å². The van der Waals surface area contributed by atoms with Gasteiger partial charge in [0, 0.05) is 24.2 Å². The van der Waals surface area contributed by atoms with Crippen molar-refractivity contribution in [2.45, 2.75) is 32.7 Å². The number of carbonyl (C=O) groups is 2. The van der Waals surface area contributed by atoms with Gasteiger partial charge in [-0.15, -0.1) is 0 Å². The molecule has 2 aromatic rings. The highest BCUT2D eigenvalue weighted by atomic mass is 16.4. The van der Waals surface area contributed by atoms with Gasteiger partial charge in [0.25, 0.3) is 5.91 Å². The number of carbonyl (C=O) groups excluding carboxylic acids is 1. The molecule has 0 saturated heterocycles. The van der Waals surface area contributed by atoms with Crippen molar-refractivity contribution in [3.05, 3.63) is 47.8 Å². The molecule has 0 saturated carbocycles. The van der Waals surface area contributed by atoms with Crippen molar-refractivity contribution in [1.29, 1.82) is 0 Å². The van der Waals surface area contributed by atoms with Crippen LogP contribution in [0.1, 0.15) is 35.8 Å². The minimum absolute atomic E-state index is 0.0177. The summed E-state index contributed by atoms with van der Waals surface area (Å²) in [5, 5.41) is 11.4. The van der Waals surface area contributed by atoms with E-state index in [2.05, 4.69) is 15.3 Å². The lowest BCUT2D eigenvalue weighted by atomic mass is 10.1. The van der Waals surface area contributed by atoms with Crippen molar-refractivity contribution >= 4 is 11.9 Å². The van der Waals surface area contributed by atoms with Gasteiger partial charge in [0.15, 0.2) is 5.82 Å². The third kappa shape index (κ3) is 4.60. The van der Waals surface area contributed by atoms with Crippen LogP contribution in [0.4, 0.5) is 0 Å². The number of aliphatic carboxylic acids is 1. The second-order valence-electron chi connectivity index (χ2n) is 5.37. The zero-order valence-electron chi connectivity index (χ0n) is 13.1. The van der Waals surface area contributed by atoms with Gasteiger partial charge in [0.1, 0.15) is 0 Å². The van der Waals surface area contributed by atoms with E-state index in [9.17, 15) is 9.59 Å². The number of nitrogens with one attached hydrogen (secondary N) is 1. The highest BCUT2D eigenvalue weighted by Crippen LogP contribution is 2.15. The van der Waals surface area contributed by atoms with Crippen LogP contribution in [-0.2, 0) is 4.79 Å². The van der Waals surface area contributed by atoms with Gasteiger partial charge in [0.2, 0.25) is 0 Å². The Kier molecular flexibility index (Phi) is 5.41. The molecular weight excluding hydrogens is 294 g/mol. The number of rotatable bonds is 6. The fourth-order valence-electron chi connectivity index (χ4n) is 2.13. The highest BCUT2D eigenvalue weighted by molar-refractivity contribution is 5.95. The summed E-state index contributed by atoms with van der Waals surface area (Å²) in [6.07, 6.45) is 1.90. The van der Waals surface area contributed by atoms with Crippen molar-refractivity contribution in [2.24, 2.45) is 0 Å². The van der Waals surface area contributed by atoms with Crippen LogP contribution in [0.5, 0.6) is 0 Å². The molecule has 0 spiro atoms. The molecule has 0 aliphatic heterocycles. The number of aromatic nitrogens is 2. The number of benzene rings is 1. The molecule has 2 rings (SSSR count). The van der Waals surface area contributed by atoms with E-state index in [0.717, 1.165) is 5.56 Å². The number of carboxylic acid groups (broad SMARTS) is 1. The van der Waals surface area contributed by atoms with E-state index < -0.39 is 5.97 Å². The molecule has 1 heterocycles. The molecule has 1 atom stereocenters. The Morgan fingerprint density at radius 3 is 2.57 bits per heavy atom. The maximum Gasteiger partial charge on any atom is 0.303 e. The van der Waals surface area contributed by atoms with Gasteiger partial charge >= 0.3 is 5.97 Å². The van der Waals surface area contributed by atoms with Crippen LogP contribution in [0, 0.1) is 6.92 Å². The van der Waals surface area contributed by atoms with Crippen LogP contribution < -0.4 is 5.32 Å². The van der Waals surface area contributed by atoms with Gasteiger partial charge in [-0.25, -0.2) is 9.97 Å². The number of carboxylic acids is 1. The lowest BCUT2D eigenvalue weighted by Gasteiger charge is -2.13. The standard InChI is InChI=1S/C17H19N3O3/c1-11(8-9-15(21)22)19-17(23)14-10-18-16(20-12(14)2)13-6-4-3-5-7-13/h3-7,10-11H,8-9H2,1-2H3,(H,19,23)(H,21,22). The quantitative estimate of drug-likeness (QED) is 0.854. The summed E-state index contributed by atoms with van der Waals surface area (Å²) in [4.78, 5) is 31.4. The van der Waals surface area contributed by atoms with Crippen LogP contribution in [0.15, 0.2) is 36.5 Å². The van der Waals surface area contributed by atoms with E-state index in [0.29, 0.717) is 23.5 Å². The summed E-state index contributed by atoms with van der Waals surface area (Å²) in [7, 11) is 0. The molecule has 6 nitrogen and oxygen atoms in total. The number of nitrogens with zero attached hydrogens (tertiary/aromatic N) is 2. The third-order valence-electron chi connectivity index (χ3n) is 3.42. The molecule has 1 aromatic carbocycles. The summed E-state index contributed by atoms with van der Waals surface area (Å²) in [5.41, 5.74) is 1.87. The second-order valence-corrected chi connectivity index (χ2v) is 5.37. The predicted octanol–water partition coefficient (Wildman–Crippen LogP) is 2.44. The molecule has 2 N–H and O–H groups in total. The predicted molar refractivity (Wildman–Crippen MR) is 86.0 cm³/mol. The van der Waals surface area contributed by atoms with Gasteiger partial charge < -0.3 is 10.4 Å². The smallest absolute Gasteiger partial charge is 0.303 e. The molecule has 1 amide bonds. The lowest BCUT2D eigenvalue weighted by molar-refractivity contribution is -0.137. The van der Waals surface area contributed by atoms with Crippen molar-refractivity contribution in [1.82, 2.24) is 15.3 Å². The summed E-state index contributed by atoms with van der Waals surface area (Å²) >= 11 is 0. The monoisotopic (exact) mass is 313 g/mol. The van der Waals surface area contributed by atoms with Crippen molar-refractivity contribution < 1.29 is 14.7 Å². The average Bonchev–Trinajstić information content (AvgIpc) is 2.53. The van der Waals surface area contributed by atoms with Crippen LogP contribution in [-0.4, -0.2) is 33.0 Å². The Hall–Kier alpha value is -2.76. The SMILES string of the molecule is Cc1nc(-c2ccccc2)ncc1C(=O)NC(C)CCC(=O)O. The topological polar surface area (TPSA) is 92.2 Å². The molecule has 0 bridgehead atoms. The zero-order valence-corrected chi connectivity index (χ0v) is 13.1. The Morgan fingerprint density at radius 2 is 1.96 bits per heavy atom. The number of aryl methyl sites for hydroxylation is 1. The number of amides is 1. The largest absolute Gasteiger partial charge is 0.481 e. The van der Waals surface area contributed by atoms with Gasteiger partial charge in [-0.05, 0) is 20.3 Å². The molecular formula is C17H19N3O3. The molecule has 23 heavy (non-hydrogen) atoms. The van der Waals surface area contributed by atoms with Crippen LogP contribution in [0.2, 0.25) is 0 Å². The Balaban J connectivity index is 2.08. The normalized spacial score (nSPS) is 11.7. The van der Waals surface area contributed by atoms with E-state index >= 15 is 0 Å². The first-order valence-electron chi connectivity index (χ1n) is 7.39. The summed E-state index contributed by atoms with van der Waals surface area (Å²) < 4.78 is 0. The first-order chi connectivity index (χ1) is 11.0. The van der Waals surface area contributed by atoms with Crippen molar-refractivity contribution in [3.63, 3.8) is 0 Å². The van der Waals surface area contributed by atoms with Crippen LogP contribution in [0.3, 0.4) is 0 Å². The highest BCUT2D eigenvalue weighted by Gasteiger charge is 2.15. The average molecular weight is 313 g/mol. The zero-order chi connectivity index (χ0) is 16.8. The fraction of sp³-hybridized carbons (Fsp3) is 0.294. The molecule has 120 valence electrons. The van der Waals surface area contributed by atoms with E-state index in [1.165, 1.54) is 6.20 Å². The molecule has 0 aliphatic rings. The summed E-state index contributed by atoms with van der Waals surface area (Å²) in [6.45, 7) is 3.53. The molecule has 1 unspecified atom stereocenters. The number of hydrogen-bond donors (Lipinski definition) is 2. The lowest BCUT2D eigenvalue weighted by Crippen LogP contribution is -2.33. The molecule has 0 aliphatic carbocycles. The van der Waals surface area contributed by atoms with Crippen LogP contribution in [0.25, 0.3) is 11.4 Å². The Bertz CT molecular complexity index is 701. The summed E-state index contributed by atoms with van der Waals surface area (Å²) in [5.74, 6) is -0.601. The summed E-state index contributed by atoms with van der Waals surface area (Å²) in [6, 6.07) is 9.30. The minimum atomic E-state index is -0.877. The van der Waals surface area contributed by atoms with E-state index in [4.69, 9.17) is 5.11 Å². The van der Waals surface area contributed by atoms with Crippen molar-refractivity contribution in [3.8, 4) is 11.4 Å². The van der Waals surface area contributed by atoms with Crippen LogP contribution >= 0.6 is 0 Å². The third-order valence-corrected chi connectivity index (χ3v) is 3.42. The number of hydrogen-bond acceptors (Lipinski definition) is 4. The van der Waals surface area contributed by atoms with Crippen molar-refractivity contribution in [2.75, 3.05) is 0 Å². The van der Waals surface area contributed by atoms with Gasteiger partial charge in [-0.1, -0.05) is 30.3 Å². The van der Waals surface area contributed by atoms with Gasteiger partial charge in [0.05, 0.1) is 11.3 Å². The fourth-order valence-corrected chi connectivity index (χ4v) is 2.13. The van der Waals surface area contributed by atoms with E-state index in [-0.39, 0.29) is 18.4 Å². The van der Waals surface area contributed by atoms with Gasteiger partial charge in [-0.3, -0.25) is 9.59 Å². The first-order valence-corrected chi connectivity index (χ1v) is 7.39. The molecule has 0 radical (unpaired) electrons. The maximum absolute atomic E-state index is 12.2. The minimum Gasteiger partial charge on any atom is -0.481 e. The molecule has 1 aromatic heterocycles. The second kappa shape index (κ2) is 7.49. The molecule has 0 fully saturated rings. The Morgan fingerprint density at radius 1 is 1.26 bits per heavy atom. The Labute approximate surface area is 134 Å². The first kappa shape index (κ1) is 16.6. The molecule has 6 heteroatoms.